The van der Waals surface area contributed by atoms with Crippen LogP contribution in [0.1, 0.15) is 42.6 Å². The zero-order valence-electron chi connectivity index (χ0n) is 16.1. The van der Waals surface area contributed by atoms with E-state index in [9.17, 15) is 18.3 Å². The van der Waals surface area contributed by atoms with Crippen LogP contribution in [0.2, 0.25) is 0 Å². The summed E-state index contributed by atoms with van der Waals surface area (Å²) in [6.07, 6.45) is 4.11. The van der Waals surface area contributed by atoms with Crippen molar-refractivity contribution >= 4 is 27.5 Å². The number of benzene rings is 1. The molecule has 0 radical (unpaired) electrons. The molecular weight excluding hydrogens is 378 g/mol. The Morgan fingerprint density at radius 3 is 2.43 bits per heavy atom. The molecule has 1 aromatic carbocycles. The summed E-state index contributed by atoms with van der Waals surface area (Å²) in [4.78, 5) is 17.6. The lowest BCUT2D eigenvalue weighted by molar-refractivity contribution is 0.0696. The Morgan fingerprint density at radius 2 is 1.86 bits per heavy atom. The molecule has 3 rings (SSSR count). The van der Waals surface area contributed by atoms with Crippen molar-refractivity contribution in [2.45, 2.75) is 38.0 Å². The van der Waals surface area contributed by atoms with Crippen LogP contribution in [0.4, 0.5) is 11.5 Å². The molecule has 1 aliphatic heterocycles. The fourth-order valence-electron chi connectivity index (χ4n) is 3.31. The number of nitrogens with zero attached hydrogens (tertiary/aromatic N) is 2. The van der Waals surface area contributed by atoms with Crippen LogP contribution in [0.5, 0.6) is 0 Å². The van der Waals surface area contributed by atoms with Gasteiger partial charge in [0.05, 0.1) is 16.1 Å². The summed E-state index contributed by atoms with van der Waals surface area (Å²) in [6.45, 7) is 5.74. The third kappa shape index (κ3) is 4.62. The molecular formula is C20H25N3O4S. The van der Waals surface area contributed by atoms with Crippen molar-refractivity contribution in [2.75, 3.05) is 22.7 Å². The van der Waals surface area contributed by atoms with E-state index in [0.717, 1.165) is 37.9 Å². The normalized spacial score (nSPS) is 14.5. The maximum Gasteiger partial charge on any atom is 0.337 e. The smallest absolute Gasteiger partial charge is 0.337 e. The zero-order valence-corrected chi connectivity index (χ0v) is 16.9. The van der Waals surface area contributed by atoms with Crippen molar-refractivity contribution in [3.05, 3.63) is 47.7 Å². The molecule has 28 heavy (non-hydrogen) atoms. The number of anilines is 2. The van der Waals surface area contributed by atoms with Crippen LogP contribution in [-0.4, -0.2) is 37.6 Å². The Balaban J connectivity index is 1.91. The van der Waals surface area contributed by atoms with Gasteiger partial charge in [-0.25, -0.2) is 18.2 Å². The Bertz CT molecular complexity index is 950. The van der Waals surface area contributed by atoms with E-state index in [1.807, 2.05) is 17.0 Å². The largest absolute Gasteiger partial charge is 0.478 e. The first-order valence-corrected chi connectivity index (χ1v) is 10.8. The van der Waals surface area contributed by atoms with Crippen molar-refractivity contribution in [1.29, 1.82) is 0 Å². The molecule has 1 saturated heterocycles. The van der Waals surface area contributed by atoms with Gasteiger partial charge in [-0.15, -0.1) is 0 Å². The van der Waals surface area contributed by atoms with Gasteiger partial charge in [0.2, 0.25) is 0 Å². The van der Waals surface area contributed by atoms with E-state index < -0.39 is 16.0 Å². The molecule has 150 valence electrons. The van der Waals surface area contributed by atoms with E-state index in [0.29, 0.717) is 11.7 Å². The van der Waals surface area contributed by atoms with E-state index in [-0.39, 0.29) is 16.1 Å². The van der Waals surface area contributed by atoms with E-state index in [4.69, 9.17) is 0 Å². The Labute approximate surface area is 165 Å². The van der Waals surface area contributed by atoms with E-state index in [1.54, 1.807) is 12.1 Å². The topological polar surface area (TPSA) is 99.6 Å². The minimum atomic E-state index is -3.86. The number of aromatic carboxylic acids is 1. The van der Waals surface area contributed by atoms with Crippen molar-refractivity contribution in [1.82, 2.24) is 4.98 Å². The van der Waals surface area contributed by atoms with Crippen molar-refractivity contribution in [3.63, 3.8) is 0 Å². The van der Waals surface area contributed by atoms with Crippen LogP contribution in [0, 0.1) is 5.92 Å². The van der Waals surface area contributed by atoms with Gasteiger partial charge < -0.3 is 10.0 Å². The summed E-state index contributed by atoms with van der Waals surface area (Å²) < 4.78 is 28.3. The van der Waals surface area contributed by atoms with Gasteiger partial charge >= 0.3 is 5.97 Å². The zero-order chi connectivity index (χ0) is 20.3. The standard InChI is InChI=1S/C20H25N3O4S/c1-14(2)11-15-5-7-17(8-6-15)28(26,27)22-18-12-16(20(24)25)13-21-19(18)23-9-3-4-10-23/h5-8,12-14,22H,3-4,9-11H2,1-2H3,(H,24,25). The summed E-state index contributed by atoms with van der Waals surface area (Å²) in [5, 5.41) is 9.25. The first-order valence-electron chi connectivity index (χ1n) is 9.36. The molecule has 0 saturated carbocycles. The van der Waals surface area contributed by atoms with E-state index in [2.05, 4.69) is 23.6 Å². The van der Waals surface area contributed by atoms with Crippen LogP contribution < -0.4 is 9.62 Å². The molecule has 0 aliphatic carbocycles. The molecule has 1 aliphatic rings. The van der Waals surface area contributed by atoms with Crippen LogP contribution in [0.15, 0.2) is 41.4 Å². The molecule has 0 amide bonds. The number of nitrogens with one attached hydrogen (secondary N) is 1. The predicted octanol–water partition coefficient (Wildman–Crippen LogP) is 3.38. The highest BCUT2D eigenvalue weighted by Gasteiger charge is 2.23. The number of hydrogen-bond acceptors (Lipinski definition) is 5. The predicted molar refractivity (Wildman–Crippen MR) is 108 cm³/mol. The summed E-state index contributed by atoms with van der Waals surface area (Å²) in [7, 11) is -3.86. The average Bonchev–Trinajstić information content (AvgIpc) is 3.15. The molecule has 0 unspecified atom stereocenters. The minimum Gasteiger partial charge on any atom is -0.478 e. The van der Waals surface area contributed by atoms with E-state index in [1.165, 1.54) is 12.3 Å². The first-order chi connectivity index (χ1) is 13.3. The Kier molecular flexibility index (Phi) is 5.88. The van der Waals surface area contributed by atoms with Gasteiger partial charge in [0.25, 0.3) is 10.0 Å². The number of aromatic nitrogens is 1. The molecule has 2 heterocycles. The summed E-state index contributed by atoms with van der Waals surface area (Å²) in [5.74, 6) is -0.213. The lowest BCUT2D eigenvalue weighted by Crippen LogP contribution is -2.23. The SMILES string of the molecule is CC(C)Cc1ccc(S(=O)(=O)Nc2cc(C(=O)O)cnc2N2CCCC2)cc1. The average molecular weight is 404 g/mol. The Hall–Kier alpha value is -2.61. The third-order valence-corrected chi connectivity index (χ3v) is 6.02. The lowest BCUT2D eigenvalue weighted by atomic mass is 10.0. The fourth-order valence-corrected chi connectivity index (χ4v) is 4.36. The number of carboxylic acids is 1. The van der Waals surface area contributed by atoms with Gasteiger partial charge in [0.1, 0.15) is 0 Å². The van der Waals surface area contributed by atoms with Crippen molar-refractivity contribution in [2.24, 2.45) is 5.92 Å². The van der Waals surface area contributed by atoms with Gasteiger partial charge in [-0.1, -0.05) is 26.0 Å². The van der Waals surface area contributed by atoms with Gasteiger partial charge in [0.15, 0.2) is 5.82 Å². The maximum atomic E-state index is 12.9. The molecule has 0 atom stereocenters. The number of hydrogen-bond donors (Lipinski definition) is 2. The maximum absolute atomic E-state index is 12.9. The molecule has 1 aromatic heterocycles. The molecule has 0 bridgehead atoms. The van der Waals surface area contributed by atoms with Gasteiger partial charge in [-0.3, -0.25) is 4.72 Å². The van der Waals surface area contributed by atoms with Gasteiger partial charge in [-0.2, -0.15) is 0 Å². The second-order valence-electron chi connectivity index (χ2n) is 7.44. The summed E-state index contributed by atoms with van der Waals surface area (Å²) in [6, 6.07) is 8.09. The number of rotatable bonds is 7. The van der Waals surface area contributed by atoms with Crippen LogP contribution in [-0.2, 0) is 16.4 Å². The lowest BCUT2D eigenvalue weighted by Gasteiger charge is -2.21. The van der Waals surface area contributed by atoms with E-state index >= 15 is 0 Å². The minimum absolute atomic E-state index is 0.0621. The molecule has 0 spiro atoms. The van der Waals surface area contributed by atoms with Crippen molar-refractivity contribution in [3.8, 4) is 0 Å². The quantitative estimate of drug-likeness (QED) is 0.735. The summed E-state index contributed by atoms with van der Waals surface area (Å²) >= 11 is 0. The molecule has 2 N–H and O–H groups in total. The molecule has 8 heteroatoms. The Morgan fingerprint density at radius 1 is 1.21 bits per heavy atom. The van der Waals surface area contributed by atoms with Crippen molar-refractivity contribution < 1.29 is 18.3 Å². The highest BCUT2D eigenvalue weighted by molar-refractivity contribution is 7.92. The van der Waals surface area contributed by atoms with Crippen LogP contribution in [0.3, 0.4) is 0 Å². The monoisotopic (exact) mass is 403 g/mol. The number of carboxylic acid groups (broad SMARTS) is 1. The second kappa shape index (κ2) is 8.18. The number of sulfonamides is 1. The second-order valence-corrected chi connectivity index (χ2v) is 9.12. The first kappa shape index (κ1) is 20.1. The fraction of sp³-hybridized carbons (Fsp3) is 0.400. The van der Waals surface area contributed by atoms with Crippen LogP contribution >= 0.6 is 0 Å². The highest BCUT2D eigenvalue weighted by Crippen LogP contribution is 2.29. The van der Waals surface area contributed by atoms with Gasteiger partial charge in [-0.05, 0) is 48.9 Å². The van der Waals surface area contributed by atoms with Crippen LogP contribution in [0.25, 0.3) is 0 Å². The molecule has 1 fully saturated rings. The van der Waals surface area contributed by atoms with Gasteiger partial charge in [0, 0.05) is 19.3 Å². The third-order valence-electron chi connectivity index (χ3n) is 4.64. The molecule has 7 nitrogen and oxygen atoms in total. The number of carbonyl (C=O) groups is 1. The summed E-state index contributed by atoms with van der Waals surface area (Å²) in [5.41, 5.74) is 1.20. The number of pyridine rings is 1. The molecule has 2 aromatic rings. The highest BCUT2D eigenvalue weighted by atomic mass is 32.2.